The summed E-state index contributed by atoms with van der Waals surface area (Å²) in [5.41, 5.74) is -1.10. The van der Waals surface area contributed by atoms with E-state index in [9.17, 15) is 15.0 Å². The number of β-amino-alcohol motifs (C(OH)–C–C–N with tert-alkyl or cyclic N) is 1. The maximum absolute atomic E-state index is 12.6. The Morgan fingerprint density at radius 2 is 2.08 bits per heavy atom. The van der Waals surface area contributed by atoms with E-state index in [1.807, 2.05) is 43.3 Å². The van der Waals surface area contributed by atoms with Gasteiger partial charge in [0.1, 0.15) is 11.9 Å². The van der Waals surface area contributed by atoms with Gasteiger partial charge in [-0.15, -0.1) is 11.8 Å². The predicted octanol–water partition coefficient (Wildman–Crippen LogP) is 2.92. The summed E-state index contributed by atoms with van der Waals surface area (Å²) in [6.45, 7) is 2.37. The molecule has 6 heteroatoms. The minimum absolute atomic E-state index is 0.123. The lowest BCUT2D eigenvalue weighted by Gasteiger charge is -2.41. The van der Waals surface area contributed by atoms with Gasteiger partial charge < -0.3 is 19.5 Å². The van der Waals surface area contributed by atoms with Crippen molar-refractivity contribution in [3.63, 3.8) is 0 Å². The summed E-state index contributed by atoms with van der Waals surface area (Å²) in [6.07, 6.45) is -0.0932. The fourth-order valence-corrected chi connectivity index (χ4v) is 3.77. The smallest absolute Gasteiger partial charge is 0.289 e. The number of piperidine rings is 1. The molecule has 1 aliphatic heterocycles. The van der Waals surface area contributed by atoms with Crippen LogP contribution in [0.15, 0.2) is 51.8 Å². The maximum Gasteiger partial charge on any atom is 0.289 e. The van der Waals surface area contributed by atoms with Gasteiger partial charge >= 0.3 is 0 Å². The number of hydrogen-bond donors (Lipinski definition) is 2. The fourth-order valence-electron chi connectivity index (χ4n) is 2.96. The number of aliphatic hydroxyl groups is 2. The van der Waals surface area contributed by atoms with E-state index in [2.05, 4.69) is 0 Å². The minimum Gasteiger partial charge on any atom is -0.455 e. The van der Waals surface area contributed by atoms with Crippen LogP contribution in [0.4, 0.5) is 0 Å². The minimum atomic E-state index is -1.10. The van der Waals surface area contributed by atoms with E-state index in [1.54, 1.807) is 22.7 Å². The SMILES string of the molecule is CC[C@@]1(O)CCN(C(=O)c2ccc(CSc3ccccc3)o2)C[C@H]1O. The zero-order valence-corrected chi connectivity index (χ0v) is 15.0. The quantitative estimate of drug-likeness (QED) is 0.801. The van der Waals surface area contributed by atoms with Crippen molar-refractivity contribution in [2.75, 3.05) is 13.1 Å². The average Bonchev–Trinajstić information content (AvgIpc) is 3.11. The molecule has 2 N–H and O–H groups in total. The summed E-state index contributed by atoms with van der Waals surface area (Å²) in [5.74, 6) is 1.42. The first-order chi connectivity index (χ1) is 12.0. The Kier molecular flexibility index (Phi) is 5.51. The van der Waals surface area contributed by atoms with E-state index in [4.69, 9.17) is 4.42 Å². The van der Waals surface area contributed by atoms with E-state index in [1.165, 1.54) is 0 Å². The van der Waals surface area contributed by atoms with Crippen molar-refractivity contribution < 1.29 is 19.4 Å². The molecule has 1 saturated heterocycles. The van der Waals surface area contributed by atoms with Crippen LogP contribution in [0.25, 0.3) is 0 Å². The number of carbonyl (C=O) groups is 1. The molecule has 0 unspecified atom stereocenters. The lowest BCUT2D eigenvalue weighted by Crippen LogP contribution is -2.56. The first kappa shape index (κ1) is 18.0. The molecule has 0 radical (unpaired) electrons. The second-order valence-electron chi connectivity index (χ2n) is 6.34. The molecule has 25 heavy (non-hydrogen) atoms. The van der Waals surface area contributed by atoms with Crippen LogP contribution in [0.1, 0.15) is 36.1 Å². The summed E-state index contributed by atoms with van der Waals surface area (Å²) in [7, 11) is 0. The van der Waals surface area contributed by atoms with Crippen LogP contribution < -0.4 is 0 Å². The molecule has 0 bridgehead atoms. The second-order valence-corrected chi connectivity index (χ2v) is 7.39. The Morgan fingerprint density at radius 1 is 1.32 bits per heavy atom. The number of thioether (sulfide) groups is 1. The predicted molar refractivity (Wildman–Crippen MR) is 96.5 cm³/mol. The molecule has 0 saturated carbocycles. The zero-order valence-electron chi connectivity index (χ0n) is 14.2. The molecule has 5 nitrogen and oxygen atoms in total. The lowest BCUT2D eigenvalue weighted by atomic mass is 9.86. The first-order valence-electron chi connectivity index (χ1n) is 8.48. The summed E-state index contributed by atoms with van der Waals surface area (Å²) < 4.78 is 5.68. The van der Waals surface area contributed by atoms with Gasteiger partial charge in [0.2, 0.25) is 0 Å². The molecule has 2 atom stereocenters. The highest BCUT2D eigenvalue weighted by atomic mass is 32.2. The highest BCUT2D eigenvalue weighted by Crippen LogP contribution is 2.28. The largest absolute Gasteiger partial charge is 0.455 e. The molecule has 2 heterocycles. The Morgan fingerprint density at radius 3 is 2.76 bits per heavy atom. The van der Waals surface area contributed by atoms with Crippen LogP contribution in [-0.4, -0.2) is 45.8 Å². The maximum atomic E-state index is 12.6. The van der Waals surface area contributed by atoms with Gasteiger partial charge in [0.25, 0.3) is 5.91 Å². The fraction of sp³-hybridized carbons (Fsp3) is 0.421. The van der Waals surface area contributed by atoms with Gasteiger partial charge in [-0.3, -0.25) is 4.79 Å². The van der Waals surface area contributed by atoms with Crippen molar-refractivity contribution in [1.29, 1.82) is 0 Å². The van der Waals surface area contributed by atoms with Crippen LogP contribution >= 0.6 is 11.8 Å². The van der Waals surface area contributed by atoms with Crippen molar-refractivity contribution in [3.8, 4) is 0 Å². The first-order valence-corrected chi connectivity index (χ1v) is 9.46. The van der Waals surface area contributed by atoms with Gasteiger partial charge in [-0.2, -0.15) is 0 Å². The normalized spacial score (nSPS) is 23.6. The highest BCUT2D eigenvalue weighted by molar-refractivity contribution is 7.98. The van der Waals surface area contributed by atoms with Crippen LogP contribution in [0, 0.1) is 0 Å². The topological polar surface area (TPSA) is 73.9 Å². The third kappa shape index (κ3) is 4.08. The van der Waals surface area contributed by atoms with Crippen molar-refractivity contribution in [2.45, 2.75) is 42.1 Å². The Bertz CT molecular complexity index is 717. The zero-order chi connectivity index (χ0) is 17.9. The summed E-state index contributed by atoms with van der Waals surface area (Å²) in [6, 6.07) is 13.5. The number of benzene rings is 1. The van der Waals surface area contributed by atoms with Crippen LogP contribution in [0.5, 0.6) is 0 Å². The molecule has 0 spiro atoms. The lowest BCUT2D eigenvalue weighted by molar-refractivity contribution is -0.114. The van der Waals surface area contributed by atoms with Crippen molar-refractivity contribution in [3.05, 3.63) is 54.0 Å². The van der Waals surface area contributed by atoms with Gasteiger partial charge in [-0.25, -0.2) is 0 Å². The number of amides is 1. The molecule has 1 aromatic carbocycles. The summed E-state index contributed by atoms with van der Waals surface area (Å²) in [4.78, 5) is 15.3. The second kappa shape index (κ2) is 7.64. The number of hydrogen-bond acceptors (Lipinski definition) is 5. The number of carbonyl (C=O) groups excluding carboxylic acids is 1. The van der Waals surface area contributed by atoms with E-state index in [0.29, 0.717) is 25.1 Å². The number of nitrogens with zero attached hydrogens (tertiary/aromatic N) is 1. The molecule has 2 aromatic rings. The average molecular weight is 361 g/mol. The third-order valence-electron chi connectivity index (χ3n) is 4.72. The molecule has 1 fully saturated rings. The molecular weight excluding hydrogens is 338 g/mol. The third-order valence-corrected chi connectivity index (χ3v) is 5.76. The van der Waals surface area contributed by atoms with Gasteiger partial charge in [0, 0.05) is 18.0 Å². The number of aliphatic hydroxyl groups excluding tert-OH is 1. The van der Waals surface area contributed by atoms with E-state index in [-0.39, 0.29) is 18.2 Å². The van der Waals surface area contributed by atoms with E-state index < -0.39 is 11.7 Å². The summed E-state index contributed by atoms with van der Waals surface area (Å²) >= 11 is 1.65. The van der Waals surface area contributed by atoms with Crippen molar-refractivity contribution >= 4 is 17.7 Å². The van der Waals surface area contributed by atoms with Gasteiger partial charge in [0.05, 0.1) is 11.4 Å². The van der Waals surface area contributed by atoms with Crippen LogP contribution in [-0.2, 0) is 5.75 Å². The van der Waals surface area contributed by atoms with Crippen molar-refractivity contribution in [1.82, 2.24) is 4.90 Å². The molecule has 3 rings (SSSR count). The molecule has 1 aromatic heterocycles. The summed E-state index contributed by atoms with van der Waals surface area (Å²) in [5, 5.41) is 20.4. The van der Waals surface area contributed by atoms with Crippen molar-refractivity contribution in [2.24, 2.45) is 0 Å². The molecular formula is C19H23NO4S. The molecule has 1 amide bonds. The van der Waals surface area contributed by atoms with Gasteiger partial charge in [-0.1, -0.05) is 25.1 Å². The Hall–Kier alpha value is -1.76. The van der Waals surface area contributed by atoms with Crippen LogP contribution in [0.3, 0.4) is 0 Å². The number of rotatable bonds is 5. The Labute approximate surface area is 151 Å². The standard InChI is InChI=1S/C19H23NO4S/c1-2-19(23)10-11-20(12-17(19)21)18(22)16-9-8-14(24-16)13-25-15-6-4-3-5-7-15/h3-9,17,21,23H,2,10-13H2,1H3/t17-,19-/m1/s1. The molecule has 1 aliphatic rings. The molecule has 0 aliphatic carbocycles. The molecule has 134 valence electrons. The monoisotopic (exact) mass is 361 g/mol. The van der Waals surface area contributed by atoms with Gasteiger partial charge in [-0.05, 0) is 37.1 Å². The number of likely N-dealkylation sites (tertiary alicyclic amines) is 1. The number of furan rings is 1. The van der Waals surface area contributed by atoms with Crippen LogP contribution in [0.2, 0.25) is 0 Å². The highest BCUT2D eigenvalue weighted by Gasteiger charge is 2.40. The van der Waals surface area contributed by atoms with Gasteiger partial charge in [0.15, 0.2) is 5.76 Å². The van der Waals surface area contributed by atoms with E-state index >= 15 is 0 Å². The Balaban J connectivity index is 1.59. The van der Waals surface area contributed by atoms with E-state index in [0.717, 1.165) is 10.7 Å².